The molecular formula is C12H24N2O4. The van der Waals surface area contributed by atoms with E-state index in [0.717, 1.165) is 19.3 Å². The van der Waals surface area contributed by atoms with Crippen molar-refractivity contribution in [2.45, 2.75) is 46.1 Å². The van der Waals surface area contributed by atoms with Gasteiger partial charge in [-0.25, -0.2) is 9.59 Å². The second kappa shape index (κ2) is 10.7. The summed E-state index contributed by atoms with van der Waals surface area (Å²) in [6.45, 7) is 6.81. The minimum atomic E-state index is -0.380. The lowest BCUT2D eigenvalue weighted by Crippen LogP contribution is -2.33. The van der Waals surface area contributed by atoms with Crippen molar-refractivity contribution in [3.05, 3.63) is 0 Å². The van der Waals surface area contributed by atoms with Crippen LogP contribution in [0.4, 0.5) is 9.59 Å². The van der Waals surface area contributed by atoms with E-state index in [9.17, 15) is 9.59 Å². The Labute approximate surface area is 108 Å². The van der Waals surface area contributed by atoms with Crippen LogP contribution in [0.5, 0.6) is 0 Å². The summed E-state index contributed by atoms with van der Waals surface area (Å²) in [5.41, 5.74) is 0. The Bertz CT molecular complexity index is 246. The van der Waals surface area contributed by atoms with Gasteiger partial charge in [-0.15, -0.1) is 0 Å². The highest BCUT2D eigenvalue weighted by Gasteiger charge is 2.07. The fourth-order valence-electron chi connectivity index (χ4n) is 1.39. The predicted molar refractivity (Wildman–Crippen MR) is 68.5 cm³/mol. The maximum atomic E-state index is 11.1. The molecule has 0 saturated carbocycles. The molecule has 0 aliphatic carbocycles. The molecule has 0 aromatic rings. The first-order valence-corrected chi connectivity index (χ1v) is 6.44. The second-order valence-electron chi connectivity index (χ2n) is 3.91. The maximum Gasteiger partial charge on any atom is 0.407 e. The lowest BCUT2D eigenvalue weighted by molar-refractivity contribution is 0.148. The van der Waals surface area contributed by atoms with Crippen LogP contribution in [0.1, 0.15) is 40.0 Å². The summed E-state index contributed by atoms with van der Waals surface area (Å²) in [6, 6.07) is 0.0756. The van der Waals surface area contributed by atoms with Crippen molar-refractivity contribution in [1.29, 1.82) is 0 Å². The van der Waals surface area contributed by atoms with Gasteiger partial charge in [-0.1, -0.05) is 0 Å². The van der Waals surface area contributed by atoms with Crippen LogP contribution >= 0.6 is 0 Å². The third-order valence-electron chi connectivity index (χ3n) is 2.25. The average Bonchev–Trinajstić information content (AvgIpc) is 2.29. The minimum absolute atomic E-state index is 0.0756. The molecule has 0 aromatic heterocycles. The number of hydrogen-bond acceptors (Lipinski definition) is 4. The van der Waals surface area contributed by atoms with Gasteiger partial charge in [0.25, 0.3) is 0 Å². The molecule has 18 heavy (non-hydrogen) atoms. The van der Waals surface area contributed by atoms with Gasteiger partial charge in [0.1, 0.15) is 0 Å². The zero-order valence-electron chi connectivity index (χ0n) is 11.5. The summed E-state index contributed by atoms with van der Waals surface area (Å²) in [5, 5.41) is 5.37. The first kappa shape index (κ1) is 16.5. The summed E-state index contributed by atoms with van der Waals surface area (Å²) in [5.74, 6) is 0. The van der Waals surface area contributed by atoms with Crippen molar-refractivity contribution in [3.63, 3.8) is 0 Å². The van der Waals surface area contributed by atoms with Crippen LogP contribution in [0, 0.1) is 0 Å². The topological polar surface area (TPSA) is 76.7 Å². The number of alkyl carbamates (subject to hydrolysis) is 2. The van der Waals surface area contributed by atoms with E-state index in [4.69, 9.17) is 9.47 Å². The summed E-state index contributed by atoms with van der Waals surface area (Å²) in [7, 11) is 0. The average molecular weight is 260 g/mol. The van der Waals surface area contributed by atoms with Crippen molar-refractivity contribution in [2.24, 2.45) is 0 Å². The van der Waals surface area contributed by atoms with Crippen molar-refractivity contribution >= 4 is 12.2 Å². The Hall–Kier alpha value is -1.46. The normalized spacial score (nSPS) is 11.5. The van der Waals surface area contributed by atoms with Crippen LogP contribution < -0.4 is 10.6 Å². The quantitative estimate of drug-likeness (QED) is 0.655. The van der Waals surface area contributed by atoms with Crippen LogP contribution in [0.2, 0.25) is 0 Å². The smallest absolute Gasteiger partial charge is 0.407 e. The molecule has 2 amide bonds. The highest BCUT2D eigenvalue weighted by molar-refractivity contribution is 5.67. The number of nitrogens with one attached hydrogen (secondary N) is 2. The Balaban J connectivity index is 3.43. The fourth-order valence-corrected chi connectivity index (χ4v) is 1.39. The van der Waals surface area contributed by atoms with Crippen LogP contribution in [0.25, 0.3) is 0 Å². The van der Waals surface area contributed by atoms with E-state index >= 15 is 0 Å². The van der Waals surface area contributed by atoms with Crippen LogP contribution in [0.3, 0.4) is 0 Å². The van der Waals surface area contributed by atoms with Crippen molar-refractivity contribution in [3.8, 4) is 0 Å². The van der Waals surface area contributed by atoms with Crippen molar-refractivity contribution in [2.75, 3.05) is 19.8 Å². The molecule has 2 N–H and O–H groups in total. The summed E-state index contributed by atoms with van der Waals surface area (Å²) < 4.78 is 9.50. The highest BCUT2D eigenvalue weighted by atomic mass is 16.6. The number of ether oxygens (including phenoxy) is 2. The van der Waals surface area contributed by atoms with Gasteiger partial charge in [-0.2, -0.15) is 0 Å². The van der Waals surface area contributed by atoms with E-state index < -0.39 is 0 Å². The SMILES string of the molecule is CCOC(=O)NCCCCC(C)NC(=O)OCC. The molecular weight excluding hydrogens is 236 g/mol. The van der Waals surface area contributed by atoms with Gasteiger partial charge in [0, 0.05) is 12.6 Å². The molecule has 0 aromatic carbocycles. The number of unbranched alkanes of at least 4 members (excludes halogenated alkanes) is 1. The van der Waals surface area contributed by atoms with Gasteiger partial charge in [-0.3, -0.25) is 0 Å². The molecule has 0 heterocycles. The van der Waals surface area contributed by atoms with Gasteiger partial charge < -0.3 is 20.1 Å². The third-order valence-corrected chi connectivity index (χ3v) is 2.25. The molecule has 0 fully saturated rings. The Morgan fingerprint density at radius 1 is 1.06 bits per heavy atom. The Morgan fingerprint density at radius 2 is 1.67 bits per heavy atom. The molecule has 106 valence electrons. The molecule has 0 aliphatic rings. The van der Waals surface area contributed by atoms with Crippen LogP contribution in [-0.4, -0.2) is 38.0 Å². The standard InChI is InChI=1S/C12H24N2O4/c1-4-17-11(15)13-9-7-6-8-10(3)14-12(16)18-5-2/h10H,4-9H2,1-3H3,(H,13,15)(H,14,16). The van der Waals surface area contributed by atoms with E-state index in [1.54, 1.807) is 13.8 Å². The fraction of sp³-hybridized carbons (Fsp3) is 0.833. The predicted octanol–water partition coefficient (Wildman–Crippen LogP) is 2.04. The monoisotopic (exact) mass is 260 g/mol. The van der Waals surface area contributed by atoms with E-state index in [1.807, 2.05) is 6.92 Å². The minimum Gasteiger partial charge on any atom is -0.450 e. The molecule has 0 saturated heterocycles. The zero-order chi connectivity index (χ0) is 13.8. The van der Waals surface area contributed by atoms with Gasteiger partial charge in [0.2, 0.25) is 0 Å². The molecule has 0 spiro atoms. The van der Waals surface area contributed by atoms with E-state index in [2.05, 4.69) is 10.6 Å². The number of amides is 2. The third kappa shape index (κ3) is 9.74. The van der Waals surface area contributed by atoms with Crippen LogP contribution in [-0.2, 0) is 9.47 Å². The molecule has 6 heteroatoms. The highest BCUT2D eigenvalue weighted by Crippen LogP contribution is 2.00. The zero-order valence-corrected chi connectivity index (χ0v) is 11.5. The number of rotatable bonds is 8. The van der Waals surface area contributed by atoms with Crippen molar-refractivity contribution < 1.29 is 19.1 Å². The number of carbonyl (C=O) groups is 2. The Morgan fingerprint density at radius 3 is 2.28 bits per heavy atom. The number of hydrogen-bond donors (Lipinski definition) is 2. The molecule has 1 unspecified atom stereocenters. The van der Waals surface area contributed by atoms with E-state index in [-0.39, 0.29) is 18.2 Å². The van der Waals surface area contributed by atoms with Crippen molar-refractivity contribution in [1.82, 2.24) is 10.6 Å². The first-order chi connectivity index (χ1) is 8.60. The largest absolute Gasteiger partial charge is 0.450 e. The first-order valence-electron chi connectivity index (χ1n) is 6.44. The summed E-state index contributed by atoms with van der Waals surface area (Å²) in [4.78, 5) is 22.0. The molecule has 0 aliphatic heterocycles. The lowest BCUT2D eigenvalue weighted by atomic mass is 10.1. The molecule has 0 rings (SSSR count). The molecule has 6 nitrogen and oxygen atoms in total. The van der Waals surface area contributed by atoms with Crippen LogP contribution in [0.15, 0.2) is 0 Å². The van der Waals surface area contributed by atoms with Gasteiger partial charge in [-0.05, 0) is 40.0 Å². The van der Waals surface area contributed by atoms with E-state index in [0.29, 0.717) is 19.8 Å². The molecule has 0 radical (unpaired) electrons. The summed E-state index contributed by atoms with van der Waals surface area (Å²) >= 11 is 0. The summed E-state index contributed by atoms with van der Waals surface area (Å²) in [6.07, 6.45) is 1.86. The van der Waals surface area contributed by atoms with E-state index in [1.165, 1.54) is 0 Å². The molecule has 0 bridgehead atoms. The van der Waals surface area contributed by atoms with Gasteiger partial charge in [0.15, 0.2) is 0 Å². The van der Waals surface area contributed by atoms with Gasteiger partial charge >= 0.3 is 12.2 Å². The lowest BCUT2D eigenvalue weighted by Gasteiger charge is -2.13. The van der Waals surface area contributed by atoms with Gasteiger partial charge in [0.05, 0.1) is 13.2 Å². The number of carbonyl (C=O) groups excluding carboxylic acids is 2. The Kier molecular flexibility index (Phi) is 9.81. The molecule has 1 atom stereocenters. The second-order valence-corrected chi connectivity index (χ2v) is 3.91. The maximum absolute atomic E-state index is 11.1.